The van der Waals surface area contributed by atoms with Gasteiger partial charge >= 0.3 is 0 Å². The van der Waals surface area contributed by atoms with Crippen molar-refractivity contribution < 1.29 is 4.74 Å². The minimum Gasteiger partial charge on any atom is -0.480 e. The number of thiazole rings is 1. The zero-order chi connectivity index (χ0) is 11.4. The molecule has 5 heteroatoms. The largest absolute Gasteiger partial charge is 0.480 e. The third-order valence-corrected chi connectivity index (χ3v) is 3.32. The number of aryl methyl sites for hydroxylation is 1. The predicted octanol–water partition coefficient (Wildman–Crippen LogP) is 1.50. The zero-order valence-electron chi connectivity index (χ0n) is 9.78. The third-order valence-electron chi connectivity index (χ3n) is 2.05. The molecule has 0 saturated carbocycles. The molecule has 0 aliphatic carbocycles. The van der Waals surface area contributed by atoms with E-state index in [0.717, 1.165) is 23.9 Å². The molecule has 0 spiro atoms. The highest BCUT2D eigenvalue weighted by molar-refractivity contribution is 7.15. The molecule has 0 bridgehead atoms. The van der Waals surface area contributed by atoms with Gasteiger partial charge in [-0.25, -0.2) is 0 Å². The highest BCUT2D eigenvalue weighted by atomic mass is 32.1. The molecule has 1 aromatic rings. The molecule has 1 aromatic heterocycles. The molecular formula is C10H19N3OS. The van der Waals surface area contributed by atoms with Gasteiger partial charge in [0.15, 0.2) is 5.13 Å². The fourth-order valence-corrected chi connectivity index (χ4v) is 2.16. The number of aromatic nitrogens is 1. The first-order chi connectivity index (χ1) is 7.04. The van der Waals surface area contributed by atoms with E-state index in [4.69, 9.17) is 10.5 Å². The molecule has 0 radical (unpaired) electrons. The van der Waals surface area contributed by atoms with Crippen LogP contribution in [-0.2, 0) is 6.42 Å². The van der Waals surface area contributed by atoms with E-state index in [0.29, 0.717) is 0 Å². The van der Waals surface area contributed by atoms with Gasteiger partial charge in [0.1, 0.15) is 0 Å². The van der Waals surface area contributed by atoms with E-state index in [2.05, 4.69) is 4.98 Å². The number of hydrogen-bond donors (Lipinski definition) is 1. The van der Waals surface area contributed by atoms with Crippen LogP contribution in [0.5, 0.6) is 5.88 Å². The van der Waals surface area contributed by atoms with E-state index in [1.54, 1.807) is 18.4 Å². The summed E-state index contributed by atoms with van der Waals surface area (Å²) in [6.07, 6.45) is 1.90. The fourth-order valence-electron chi connectivity index (χ4n) is 1.19. The van der Waals surface area contributed by atoms with Gasteiger partial charge in [0.25, 0.3) is 0 Å². The molecule has 86 valence electrons. The van der Waals surface area contributed by atoms with Crippen molar-refractivity contribution in [2.75, 3.05) is 26.1 Å². The van der Waals surface area contributed by atoms with E-state index < -0.39 is 0 Å². The van der Waals surface area contributed by atoms with Crippen molar-refractivity contribution in [3.05, 3.63) is 4.88 Å². The molecule has 0 amide bonds. The van der Waals surface area contributed by atoms with E-state index in [9.17, 15) is 0 Å². The van der Waals surface area contributed by atoms with Crippen molar-refractivity contribution in [2.24, 2.45) is 5.73 Å². The van der Waals surface area contributed by atoms with Crippen LogP contribution >= 0.6 is 11.3 Å². The first-order valence-electron chi connectivity index (χ1n) is 5.01. The van der Waals surface area contributed by atoms with Crippen molar-refractivity contribution in [1.29, 1.82) is 0 Å². The Balaban J connectivity index is 2.76. The van der Waals surface area contributed by atoms with Gasteiger partial charge in [-0.1, -0.05) is 11.3 Å². The number of hydrogen-bond acceptors (Lipinski definition) is 5. The zero-order valence-corrected chi connectivity index (χ0v) is 10.6. The van der Waals surface area contributed by atoms with Crippen molar-refractivity contribution >= 4 is 16.5 Å². The van der Waals surface area contributed by atoms with Crippen LogP contribution < -0.4 is 15.4 Å². The predicted molar refractivity (Wildman–Crippen MR) is 65.0 cm³/mol. The normalized spacial score (nSPS) is 12.6. The molecular weight excluding hydrogens is 210 g/mol. The van der Waals surface area contributed by atoms with Crippen LogP contribution in [0.15, 0.2) is 0 Å². The van der Waals surface area contributed by atoms with Crippen LogP contribution in [0.2, 0.25) is 0 Å². The van der Waals surface area contributed by atoms with Crippen molar-refractivity contribution in [3.8, 4) is 5.88 Å². The van der Waals surface area contributed by atoms with Crippen molar-refractivity contribution in [2.45, 2.75) is 25.8 Å². The second-order valence-electron chi connectivity index (χ2n) is 3.84. The van der Waals surface area contributed by atoms with Crippen LogP contribution in [0.1, 0.15) is 18.2 Å². The summed E-state index contributed by atoms with van der Waals surface area (Å²) in [5, 5.41) is 0.978. The van der Waals surface area contributed by atoms with E-state index in [1.807, 2.05) is 25.9 Å². The molecule has 1 atom stereocenters. The van der Waals surface area contributed by atoms with Gasteiger partial charge in [0.05, 0.1) is 12.0 Å². The molecule has 1 heterocycles. The number of anilines is 1. The minimum atomic E-state index is 0.222. The highest BCUT2D eigenvalue weighted by Gasteiger charge is 2.13. The standard InChI is InChI=1S/C10H19N3OS/c1-7(11)5-6-8-9(14-4)12-10(15-8)13(2)3/h7H,5-6,11H2,1-4H3/t7-/m1/s1. The van der Waals surface area contributed by atoms with E-state index in [-0.39, 0.29) is 6.04 Å². The van der Waals surface area contributed by atoms with Gasteiger partial charge in [-0.3, -0.25) is 0 Å². The Morgan fingerprint density at radius 2 is 2.20 bits per heavy atom. The Morgan fingerprint density at radius 1 is 1.53 bits per heavy atom. The van der Waals surface area contributed by atoms with Crippen LogP contribution in [0.4, 0.5) is 5.13 Å². The molecule has 0 aliphatic rings. The Morgan fingerprint density at radius 3 is 2.67 bits per heavy atom. The Kier molecular flexibility index (Phi) is 4.35. The Bertz CT molecular complexity index is 310. The number of nitrogens with two attached hydrogens (primary N) is 1. The van der Waals surface area contributed by atoms with Gasteiger partial charge in [-0.2, -0.15) is 4.98 Å². The molecule has 1 rings (SSSR count). The second kappa shape index (κ2) is 5.32. The average Bonchev–Trinajstić information content (AvgIpc) is 2.57. The molecule has 0 aliphatic heterocycles. The molecule has 0 fully saturated rings. The molecule has 4 nitrogen and oxygen atoms in total. The summed E-state index contributed by atoms with van der Waals surface area (Å²) in [7, 11) is 5.62. The monoisotopic (exact) mass is 229 g/mol. The van der Waals surface area contributed by atoms with E-state index in [1.165, 1.54) is 4.88 Å². The topological polar surface area (TPSA) is 51.4 Å². The lowest BCUT2D eigenvalue weighted by atomic mass is 10.2. The maximum Gasteiger partial charge on any atom is 0.229 e. The lowest BCUT2D eigenvalue weighted by molar-refractivity contribution is 0.395. The van der Waals surface area contributed by atoms with Gasteiger partial charge in [0.2, 0.25) is 5.88 Å². The minimum absolute atomic E-state index is 0.222. The maximum atomic E-state index is 5.73. The summed E-state index contributed by atoms with van der Waals surface area (Å²) in [5.41, 5.74) is 5.73. The number of ether oxygens (including phenoxy) is 1. The van der Waals surface area contributed by atoms with Crippen molar-refractivity contribution in [1.82, 2.24) is 4.98 Å². The van der Waals surface area contributed by atoms with Crippen LogP contribution in [0, 0.1) is 0 Å². The Labute approximate surface area is 95.1 Å². The van der Waals surface area contributed by atoms with Crippen molar-refractivity contribution in [3.63, 3.8) is 0 Å². The summed E-state index contributed by atoms with van der Waals surface area (Å²) in [5.74, 6) is 0.740. The molecule has 0 unspecified atom stereocenters. The lowest BCUT2D eigenvalue weighted by Crippen LogP contribution is -2.15. The summed E-state index contributed by atoms with van der Waals surface area (Å²) < 4.78 is 5.24. The highest BCUT2D eigenvalue weighted by Crippen LogP contribution is 2.31. The molecule has 15 heavy (non-hydrogen) atoms. The SMILES string of the molecule is COc1nc(N(C)C)sc1CC[C@@H](C)N. The number of methoxy groups -OCH3 is 1. The van der Waals surface area contributed by atoms with Crippen LogP contribution in [0.25, 0.3) is 0 Å². The summed E-state index contributed by atoms with van der Waals surface area (Å²) in [6.45, 7) is 2.01. The second-order valence-corrected chi connectivity index (χ2v) is 4.90. The van der Waals surface area contributed by atoms with Gasteiger partial charge in [-0.05, 0) is 19.8 Å². The van der Waals surface area contributed by atoms with Crippen LogP contribution in [0.3, 0.4) is 0 Å². The smallest absolute Gasteiger partial charge is 0.229 e. The van der Waals surface area contributed by atoms with Gasteiger partial charge < -0.3 is 15.4 Å². The average molecular weight is 229 g/mol. The number of rotatable bonds is 5. The van der Waals surface area contributed by atoms with E-state index >= 15 is 0 Å². The maximum absolute atomic E-state index is 5.73. The quantitative estimate of drug-likeness (QED) is 0.831. The van der Waals surface area contributed by atoms with Crippen LogP contribution in [-0.4, -0.2) is 32.2 Å². The van der Waals surface area contributed by atoms with Gasteiger partial charge in [-0.15, -0.1) is 0 Å². The molecule has 0 aromatic carbocycles. The molecule has 2 N–H and O–H groups in total. The third kappa shape index (κ3) is 3.35. The first-order valence-corrected chi connectivity index (χ1v) is 5.82. The first kappa shape index (κ1) is 12.3. The summed E-state index contributed by atoms with van der Waals surface area (Å²) in [6, 6.07) is 0.222. The molecule has 0 saturated heterocycles. The van der Waals surface area contributed by atoms with Gasteiger partial charge in [0, 0.05) is 20.1 Å². The summed E-state index contributed by atoms with van der Waals surface area (Å²) >= 11 is 1.67. The summed E-state index contributed by atoms with van der Waals surface area (Å²) in [4.78, 5) is 7.56. The fraction of sp³-hybridized carbons (Fsp3) is 0.700. The number of nitrogens with zero attached hydrogens (tertiary/aromatic N) is 2. The lowest BCUT2D eigenvalue weighted by Gasteiger charge is -2.05. The Hall–Kier alpha value is -0.810.